The zero-order valence-electron chi connectivity index (χ0n) is 11.8. The van der Waals surface area contributed by atoms with E-state index < -0.39 is 18.0 Å². The SMILES string of the molecule is COCCN(CC(C)C)C(=O)NC(CCO)C(=O)O. The van der Waals surface area contributed by atoms with Gasteiger partial charge in [-0.25, -0.2) is 9.59 Å². The molecule has 19 heavy (non-hydrogen) atoms. The Kier molecular flexibility index (Phi) is 8.90. The van der Waals surface area contributed by atoms with E-state index in [-0.39, 0.29) is 18.9 Å². The number of hydrogen-bond acceptors (Lipinski definition) is 4. The number of carboxylic acids is 1. The summed E-state index contributed by atoms with van der Waals surface area (Å²) in [6.07, 6.45) is -0.0130. The zero-order valence-corrected chi connectivity index (χ0v) is 11.8. The fourth-order valence-corrected chi connectivity index (χ4v) is 1.54. The van der Waals surface area contributed by atoms with Gasteiger partial charge in [0, 0.05) is 33.2 Å². The number of urea groups is 1. The van der Waals surface area contributed by atoms with E-state index >= 15 is 0 Å². The van der Waals surface area contributed by atoms with E-state index in [2.05, 4.69) is 5.32 Å². The maximum Gasteiger partial charge on any atom is 0.326 e. The largest absolute Gasteiger partial charge is 0.480 e. The normalized spacial score (nSPS) is 12.3. The van der Waals surface area contributed by atoms with Gasteiger partial charge in [0.25, 0.3) is 0 Å². The van der Waals surface area contributed by atoms with Crippen molar-refractivity contribution in [3.05, 3.63) is 0 Å². The third-order valence-electron chi connectivity index (χ3n) is 2.45. The molecule has 0 aromatic rings. The first-order chi connectivity index (χ1) is 8.92. The Morgan fingerprint density at radius 2 is 2.00 bits per heavy atom. The van der Waals surface area contributed by atoms with Gasteiger partial charge in [0.05, 0.1) is 6.61 Å². The summed E-state index contributed by atoms with van der Waals surface area (Å²) in [7, 11) is 1.54. The summed E-state index contributed by atoms with van der Waals surface area (Å²) in [4.78, 5) is 24.4. The number of nitrogens with one attached hydrogen (secondary N) is 1. The highest BCUT2D eigenvalue weighted by Gasteiger charge is 2.22. The molecule has 0 aliphatic heterocycles. The van der Waals surface area contributed by atoms with Crippen molar-refractivity contribution < 1.29 is 24.5 Å². The van der Waals surface area contributed by atoms with Crippen molar-refractivity contribution in [2.75, 3.05) is 33.4 Å². The molecule has 7 heteroatoms. The van der Waals surface area contributed by atoms with Crippen molar-refractivity contribution in [3.8, 4) is 0 Å². The minimum atomic E-state index is -1.15. The molecule has 0 fully saturated rings. The van der Waals surface area contributed by atoms with Gasteiger partial charge in [-0.05, 0) is 5.92 Å². The summed E-state index contributed by atoms with van der Waals surface area (Å²) in [6.45, 7) is 4.94. The summed E-state index contributed by atoms with van der Waals surface area (Å²) in [5.74, 6) is -0.887. The lowest BCUT2D eigenvalue weighted by molar-refractivity contribution is -0.139. The van der Waals surface area contributed by atoms with Gasteiger partial charge in [-0.2, -0.15) is 0 Å². The first-order valence-corrected chi connectivity index (χ1v) is 6.30. The van der Waals surface area contributed by atoms with E-state index in [9.17, 15) is 9.59 Å². The molecule has 7 nitrogen and oxygen atoms in total. The smallest absolute Gasteiger partial charge is 0.326 e. The van der Waals surface area contributed by atoms with Gasteiger partial charge in [-0.1, -0.05) is 13.8 Å². The number of methoxy groups -OCH3 is 1. The number of aliphatic hydroxyl groups is 1. The Balaban J connectivity index is 4.54. The van der Waals surface area contributed by atoms with E-state index in [1.165, 1.54) is 12.0 Å². The topological polar surface area (TPSA) is 99.1 Å². The van der Waals surface area contributed by atoms with Crippen LogP contribution in [0.25, 0.3) is 0 Å². The Morgan fingerprint density at radius 3 is 2.42 bits per heavy atom. The van der Waals surface area contributed by atoms with Crippen LogP contribution in [0.3, 0.4) is 0 Å². The molecule has 2 amide bonds. The Labute approximate surface area is 113 Å². The summed E-state index contributed by atoms with van der Waals surface area (Å²) < 4.78 is 4.93. The lowest BCUT2D eigenvalue weighted by Crippen LogP contribution is -2.50. The molecule has 0 saturated heterocycles. The lowest BCUT2D eigenvalue weighted by Gasteiger charge is -2.26. The standard InChI is InChI=1S/C12H24N2O5/c1-9(2)8-14(5-7-19-3)12(18)13-10(4-6-15)11(16)17/h9-10,15H,4-8H2,1-3H3,(H,13,18)(H,16,17). The second-order valence-electron chi connectivity index (χ2n) is 4.69. The number of carbonyl (C=O) groups excluding carboxylic acids is 1. The van der Waals surface area contributed by atoms with E-state index in [4.69, 9.17) is 14.9 Å². The molecule has 0 rings (SSSR count). The summed E-state index contributed by atoms with van der Waals surface area (Å²) >= 11 is 0. The fraction of sp³-hybridized carbons (Fsp3) is 0.833. The molecule has 0 spiro atoms. The summed E-state index contributed by atoms with van der Waals surface area (Å²) in [6, 6.07) is -1.53. The van der Waals surface area contributed by atoms with Crippen LogP contribution in [-0.4, -0.2) is 66.6 Å². The molecular weight excluding hydrogens is 252 g/mol. The molecule has 3 N–H and O–H groups in total. The van der Waals surface area contributed by atoms with Crippen LogP contribution in [-0.2, 0) is 9.53 Å². The third kappa shape index (κ3) is 7.63. The van der Waals surface area contributed by atoms with Gasteiger partial charge in [0.15, 0.2) is 0 Å². The van der Waals surface area contributed by atoms with Crippen molar-refractivity contribution in [1.29, 1.82) is 0 Å². The van der Waals surface area contributed by atoms with Crippen molar-refractivity contribution in [2.45, 2.75) is 26.3 Å². The van der Waals surface area contributed by atoms with E-state index in [0.29, 0.717) is 19.7 Å². The van der Waals surface area contributed by atoms with E-state index in [0.717, 1.165) is 0 Å². The predicted molar refractivity (Wildman–Crippen MR) is 69.9 cm³/mol. The highest BCUT2D eigenvalue weighted by atomic mass is 16.5. The molecule has 1 atom stereocenters. The monoisotopic (exact) mass is 276 g/mol. The molecule has 0 saturated carbocycles. The molecule has 0 aliphatic carbocycles. The fourth-order valence-electron chi connectivity index (χ4n) is 1.54. The molecule has 0 heterocycles. The van der Waals surface area contributed by atoms with Crippen molar-refractivity contribution in [2.24, 2.45) is 5.92 Å². The first-order valence-electron chi connectivity index (χ1n) is 6.30. The second-order valence-corrected chi connectivity index (χ2v) is 4.69. The lowest BCUT2D eigenvalue weighted by atomic mass is 10.2. The van der Waals surface area contributed by atoms with Crippen LogP contribution >= 0.6 is 0 Å². The maximum absolute atomic E-state index is 12.0. The number of amides is 2. The van der Waals surface area contributed by atoms with Gasteiger partial charge in [-0.15, -0.1) is 0 Å². The highest BCUT2D eigenvalue weighted by molar-refractivity contribution is 5.82. The van der Waals surface area contributed by atoms with Crippen molar-refractivity contribution in [3.63, 3.8) is 0 Å². The molecule has 0 bridgehead atoms. The Morgan fingerprint density at radius 1 is 1.37 bits per heavy atom. The summed E-state index contributed by atoms with van der Waals surface area (Å²) in [5.41, 5.74) is 0. The Hall–Kier alpha value is -1.34. The number of aliphatic carboxylic acids is 1. The average molecular weight is 276 g/mol. The molecule has 112 valence electrons. The van der Waals surface area contributed by atoms with Crippen LogP contribution in [0.2, 0.25) is 0 Å². The maximum atomic E-state index is 12.0. The van der Waals surface area contributed by atoms with Gasteiger partial charge < -0.3 is 25.2 Å². The van der Waals surface area contributed by atoms with Crippen LogP contribution in [0.1, 0.15) is 20.3 Å². The van der Waals surface area contributed by atoms with Crippen molar-refractivity contribution in [1.82, 2.24) is 10.2 Å². The molecule has 1 unspecified atom stereocenters. The number of carbonyl (C=O) groups is 2. The average Bonchev–Trinajstić information content (AvgIpc) is 2.33. The second kappa shape index (κ2) is 9.57. The summed E-state index contributed by atoms with van der Waals surface area (Å²) in [5, 5.41) is 20.1. The number of aliphatic hydroxyl groups excluding tert-OH is 1. The third-order valence-corrected chi connectivity index (χ3v) is 2.45. The first kappa shape index (κ1) is 17.7. The minimum Gasteiger partial charge on any atom is -0.480 e. The molecule has 0 aliphatic rings. The molecular formula is C12H24N2O5. The number of ether oxygens (including phenoxy) is 1. The Bertz CT molecular complexity index is 283. The molecule has 0 aromatic heterocycles. The van der Waals surface area contributed by atoms with E-state index in [1.54, 1.807) is 0 Å². The van der Waals surface area contributed by atoms with Gasteiger partial charge >= 0.3 is 12.0 Å². The van der Waals surface area contributed by atoms with Crippen LogP contribution in [0.15, 0.2) is 0 Å². The number of rotatable bonds is 9. The van der Waals surface area contributed by atoms with Crippen LogP contribution < -0.4 is 5.32 Å². The number of carboxylic acid groups (broad SMARTS) is 1. The quantitative estimate of drug-likeness (QED) is 0.556. The molecule has 0 radical (unpaired) electrons. The van der Waals surface area contributed by atoms with E-state index in [1.807, 2.05) is 13.8 Å². The van der Waals surface area contributed by atoms with Crippen LogP contribution in [0, 0.1) is 5.92 Å². The van der Waals surface area contributed by atoms with Gasteiger partial charge in [0.2, 0.25) is 0 Å². The minimum absolute atomic E-state index is 0.0130. The molecule has 0 aromatic carbocycles. The number of nitrogens with zero attached hydrogens (tertiary/aromatic N) is 1. The van der Waals surface area contributed by atoms with Crippen LogP contribution in [0.5, 0.6) is 0 Å². The predicted octanol–water partition coefficient (Wildman–Crippen LogP) is 0.136. The zero-order chi connectivity index (χ0) is 14.8. The highest BCUT2D eigenvalue weighted by Crippen LogP contribution is 2.01. The van der Waals surface area contributed by atoms with Gasteiger partial charge in [0.1, 0.15) is 6.04 Å². The van der Waals surface area contributed by atoms with Gasteiger partial charge in [-0.3, -0.25) is 0 Å². The van der Waals surface area contributed by atoms with Crippen molar-refractivity contribution >= 4 is 12.0 Å². The van der Waals surface area contributed by atoms with Crippen LogP contribution in [0.4, 0.5) is 4.79 Å². The number of hydrogen-bond donors (Lipinski definition) is 3.